The molecule has 0 unspecified atom stereocenters. The summed E-state index contributed by atoms with van der Waals surface area (Å²) in [5.74, 6) is -1.19. The van der Waals surface area contributed by atoms with Gasteiger partial charge in [0.25, 0.3) is 5.78 Å². The van der Waals surface area contributed by atoms with Crippen LogP contribution in [0.25, 0.3) is 5.76 Å². The molecule has 6 nitrogen and oxygen atoms in total. The van der Waals surface area contributed by atoms with E-state index in [0.29, 0.717) is 21.9 Å². The molecule has 0 bridgehead atoms. The number of benzene rings is 2. The third-order valence-electron chi connectivity index (χ3n) is 4.59. The fourth-order valence-electron chi connectivity index (χ4n) is 3.29. The Morgan fingerprint density at radius 3 is 2.52 bits per heavy atom. The highest BCUT2D eigenvalue weighted by Gasteiger charge is 2.48. The van der Waals surface area contributed by atoms with Gasteiger partial charge in [0.05, 0.1) is 11.6 Å². The molecular formula is C21H14BrClN2O4. The molecule has 1 aliphatic heterocycles. The largest absolute Gasteiger partial charge is 0.507 e. The van der Waals surface area contributed by atoms with E-state index in [9.17, 15) is 14.7 Å². The fourth-order valence-corrected chi connectivity index (χ4v) is 3.83. The molecule has 4 rings (SSSR count). The smallest absolute Gasteiger partial charge is 0.301 e. The number of amides is 1. The standard InChI is InChI=1S/C21H14BrClN2O4/c1-11-9-16(24-29-11)25-18(13-3-2-4-14(22)10-13)17(20(27)21(25)28)19(26)12-5-7-15(23)8-6-12/h2-10,18,26H,1H3/t18-/m0/s1. The van der Waals surface area contributed by atoms with Crippen LogP contribution in [0.4, 0.5) is 5.82 Å². The molecule has 0 aliphatic carbocycles. The summed E-state index contributed by atoms with van der Waals surface area (Å²) in [5, 5.41) is 15.3. The Bertz CT molecular complexity index is 1150. The summed E-state index contributed by atoms with van der Waals surface area (Å²) in [6.45, 7) is 1.69. The molecule has 1 atom stereocenters. The summed E-state index contributed by atoms with van der Waals surface area (Å²) < 4.78 is 5.87. The fraction of sp³-hybridized carbons (Fsp3) is 0.0952. The number of carbonyl (C=O) groups is 2. The van der Waals surface area contributed by atoms with Gasteiger partial charge in [-0.1, -0.05) is 44.8 Å². The maximum absolute atomic E-state index is 12.9. The number of halogens is 2. The van der Waals surface area contributed by atoms with Crippen LogP contribution in [0.2, 0.25) is 5.02 Å². The average molecular weight is 474 g/mol. The molecule has 1 amide bonds. The second-order valence-corrected chi connectivity index (χ2v) is 7.88. The van der Waals surface area contributed by atoms with Crippen LogP contribution in [0.5, 0.6) is 0 Å². The maximum Gasteiger partial charge on any atom is 0.301 e. The first-order chi connectivity index (χ1) is 13.9. The number of aromatic nitrogens is 1. The molecule has 3 aromatic rings. The van der Waals surface area contributed by atoms with E-state index in [-0.39, 0.29) is 17.2 Å². The SMILES string of the molecule is Cc1cc(N2C(=O)C(=O)C(=C(O)c3ccc(Cl)cc3)[C@@H]2c2cccc(Br)c2)no1. The van der Waals surface area contributed by atoms with E-state index < -0.39 is 17.7 Å². The van der Waals surface area contributed by atoms with Crippen molar-refractivity contribution in [3.63, 3.8) is 0 Å². The first kappa shape index (κ1) is 19.4. The van der Waals surface area contributed by atoms with Crippen molar-refractivity contribution >= 4 is 50.8 Å². The second kappa shape index (κ2) is 7.50. The molecule has 0 radical (unpaired) electrons. The van der Waals surface area contributed by atoms with Gasteiger partial charge in [-0.15, -0.1) is 0 Å². The van der Waals surface area contributed by atoms with Gasteiger partial charge >= 0.3 is 5.91 Å². The molecule has 2 heterocycles. The lowest BCUT2D eigenvalue weighted by molar-refractivity contribution is -0.132. The normalized spacial score (nSPS) is 18.4. The van der Waals surface area contributed by atoms with Crippen molar-refractivity contribution in [2.75, 3.05) is 4.90 Å². The molecule has 29 heavy (non-hydrogen) atoms. The third kappa shape index (κ3) is 3.47. The van der Waals surface area contributed by atoms with Crippen molar-refractivity contribution in [2.45, 2.75) is 13.0 Å². The van der Waals surface area contributed by atoms with Gasteiger partial charge in [0, 0.05) is 21.1 Å². The van der Waals surface area contributed by atoms with Gasteiger partial charge in [0.1, 0.15) is 11.5 Å². The minimum atomic E-state index is -0.868. The molecule has 0 saturated carbocycles. The van der Waals surface area contributed by atoms with Gasteiger partial charge in [0.2, 0.25) is 0 Å². The van der Waals surface area contributed by atoms with E-state index >= 15 is 0 Å². The Kier molecular flexibility index (Phi) is 5.02. The zero-order valence-electron chi connectivity index (χ0n) is 15.1. The van der Waals surface area contributed by atoms with Gasteiger partial charge < -0.3 is 9.63 Å². The highest BCUT2D eigenvalue weighted by Crippen LogP contribution is 2.42. The molecule has 8 heteroatoms. The lowest BCUT2D eigenvalue weighted by Crippen LogP contribution is -2.29. The number of aliphatic hydroxyl groups excluding tert-OH is 1. The van der Waals surface area contributed by atoms with E-state index in [0.717, 1.165) is 4.47 Å². The number of ketones is 1. The maximum atomic E-state index is 12.9. The quantitative estimate of drug-likeness (QED) is 0.328. The molecule has 2 aromatic carbocycles. The summed E-state index contributed by atoms with van der Waals surface area (Å²) in [4.78, 5) is 27.1. The van der Waals surface area contributed by atoms with Crippen LogP contribution >= 0.6 is 27.5 Å². The van der Waals surface area contributed by atoms with Gasteiger partial charge in [-0.25, -0.2) is 0 Å². The molecule has 0 spiro atoms. The number of aryl methyl sites for hydroxylation is 1. The van der Waals surface area contributed by atoms with Crippen molar-refractivity contribution in [3.05, 3.63) is 86.6 Å². The van der Waals surface area contributed by atoms with Gasteiger partial charge in [-0.05, 0) is 48.9 Å². The van der Waals surface area contributed by atoms with Crippen molar-refractivity contribution in [2.24, 2.45) is 0 Å². The Balaban J connectivity index is 1.95. The van der Waals surface area contributed by atoms with E-state index in [4.69, 9.17) is 16.1 Å². The number of rotatable bonds is 3. The van der Waals surface area contributed by atoms with Crippen LogP contribution in [0, 0.1) is 6.92 Å². The van der Waals surface area contributed by atoms with Crippen LogP contribution in [0.1, 0.15) is 22.9 Å². The number of carbonyl (C=O) groups excluding carboxylic acids is 2. The van der Waals surface area contributed by atoms with Crippen molar-refractivity contribution < 1.29 is 19.2 Å². The number of aliphatic hydroxyl groups is 1. The number of hydrogen-bond donors (Lipinski definition) is 1. The molecule has 1 fully saturated rings. The summed E-state index contributed by atoms with van der Waals surface area (Å²) >= 11 is 9.34. The molecule has 146 valence electrons. The van der Waals surface area contributed by atoms with Crippen molar-refractivity contribution in [1.29, 1.82) is 0 Å². The molecule has 1 N–H and O–H groups in total. The van der Waals surface area contributed by atoms with Gasteiger partial charge in [-0.2, -0.15) is 0 Å². The van der Waals surface area contributed by atoms with Crippen LogP contribution in [0.15, 0.2) is 69.2 Å². The predicted molar refractivity (Wildman–Crippen MR) is 112 cm³/mol. The summed E-state index contributed by atoms with van der Waals surface area (Å²) in [7, 11) is 0. The topological polar surface area (TPSA) is 83.6 Å². The lowest BCUT2D eigenvalue weighted by atomic mass is 9.95. The van der Waals surface area contributed by atoms with Gasteiger partial charge in [0.15, 0.2) is 5.82 Å². The lowest BCUT2D eigenvalue weighted by Gasteiger charge is -2.23. The van der Waals surface area contributed by atoms with E-state index in [2.05, 4.69) is 21.1 Å². The van der Waals surface area contributed by atoms with Crippen molar-refractivity contribution in [3.8, 4) is 0 Å². The van der Waals surface area contributed by atoms with E-state index in [1.807, 2.05) is 6.07 Å². The minimum Gasteiger partial charge on any atom is -0.507 e. The molecule has 1 saturated heterocycles. The zero-order chi connectivity index (χ0) is 20.7. The van der Waals surface area contributed by atoms with Crippen LogP contribution < -0.4 is 4.90 Å². The molecular weight excluding hydrogens is 460 g/mol. The Morgan fingerprint density at radius 1 is 1.17 bits per heavy atom. The average Bonchev–Trinajstić information content (AvgIpc) is 3.23. The number of Topliss-reactive ketones (excluding diaryl/α,β-unsaturated/α-hetero) is 1. The number of anilines is 1. The number of nitrogens with zero attached hydrogens (tertiary/aromatic N) is 2. The van der Waals surface area contributed by atoms with Crippen molar-refractivity contribution in [1.82, 2.24) is 5.16 Å². The Labute approximate surface area is 179 Å². The molecule has 1 aromatic heterocycles. The first-order valence-electron chi connectivity index (χ1n) is 8.62. The summed E-state index contributed by atoms with van der Waals surface area (Å²) in [6.07, 6.45) is 0. The predicted octanol–water partition coefficient (Wildman–Crippen LogP) is 5.03. The van der Waals surface area contributed by atoms with Gasteiger partial charge in [-0.3, -0.25) is 14.5 Å². The Hall–Kier alpha value is -2.90. The Morgan fingerprint density at radius 2 is 1.90 bits per heavy atom. The highest BCUT2D eigenvalue weighted by atomic mass is 79.9. The summed E-state index contributed by atoms with van der Waals surface area (Å²) in [5.41, 5.74) is 0.981. The van der Waals surface area contributed by atoms with Crippen LogP contribution in [-0.4, -0.2) is 22.0 Å². The van der Waals surface area contributed by atoms with E-state index in [1.54, 1.807) is 55.5 Å². The van der Waals surface area contributed by atoms with Crippen LogP contribution in [0.3, 0.4) is 0 Å². The molecule has 1 aliphatic rings. The minimum absolute atomic E-state index is 0.0314. The highest BCUT2D eigenvalue weighted by molar-refractivity contribution is 9.10. The second-order valence-electron chi connectivity index (χ2n) is 6.53. The summed E-state index contributed by atoms with van der Waals surface area (Å²) in [6, 6.07) is 14.2. The van der Waals surface area contributed by atoms with E-state index in [1.165, 1.54) is 4.90 Å². The van der Waals surface area contributed by atoms with Crippen LogP contribution in [-0.2, 0) is 9.59 Å². The first-order valence-corrected chi connectivity index (χ1v) is 9.79. The monoisotopic (exact) mass is 472 g/mol. The number of hydrogen-bond acceptors (Lipinski definition) is 5. The zero-order valence-corrected chi connectivity index (χ0v) is 17.4. The third-order valence-corrected chi connectivity index (χ3v) is 5.33.